The molecule has 172 valence electrons. The predicted molar refractivity (Wildman–Crippen MR) is 133 cm³/mol. The molecule has 1 aromatic heterocycles. The van der Waals surface area contributed by atoms with E-state index in [0.717, 1.165) is 25.8 Å². The molecule has 1 aliphatic rings. The molecule has 0 spiro atoms. The zero-order valence-electron chi connectivity index (χ0n) is 19.4. The number of carbonyl (C=O) groups is 1. The van der Waals surface area contributed by atoms with Gasteiger partial charge < -0.3 is 10.1 Å². The van der Waals surface area contributed by atoms with Crippen LogP contribution in [-0.4, -0.2) is 29.3 Å². The van der Waals surface area contributed by atoms with E-state index in [2.05, 4.69) is 58.5 Å². The lowest BCUT2D eigenvalue weighted by Crippen LogP contribution is -2.44. The summed E-state index contributed by atoms with van der Waals surface area (Å²) >= 11 is 0. The van der Waals surface area contributed by atoms with Gasteiger partial charge in [0.25, 0.3) is 5.91 Å². The van der Waals surface area contributed by atoms with Crippen molar-refractivity contribution in [1.82, 2.24) is 15.1 Å². The summed E-state index contributed by atoms with van der Waals surface area (Å²) in [5.74, 6) is 0.472. The molecule has 0 fully saturated rings. The van der Waals surface area contributed by atoms with Crippen LogP contribution >= 0.6 is 0 Å². The molecule has 1 unspecified atom stereocenters. The molecule has 4 aromatic rings. The van der Waals surface area contributed by atoms with E-state index in [4.69, 9.17) is 9.84 Å². The Morgan fingerprint density at radius 3 is 2.47 bits per heavy atom. The summed E-state index contributed by atoms with van der Waals surface area (Å²) in [7, 11) is 1.59. The Morgan fingerprint density at radius 2 is 1.71 bits per heavy atom. The van der Waals surface area contributed by atoms with E-state index in [9.17, 15) is 4.79 Å². The van der Waals surface area contributed by atoms with Crippen LogP contribution in [0.25, 0.3) is 0 Å². The first-order valence-corrected chi connectivity index (χ1v) is 11.7. The fraction of sp³-hybridized carbons (Fsp3) is 0.241. The van der Waals surface area contributed by atoms with E-state index in [0.29, 0.717) is 17.9 Å². The molecule has 1 heterocycles. The standard InChI is InChI=1S/C29H29N3O2/c1-34-27-15-9-8-14-25(27)28(33)30-21-29(24-12-6-3-7-13-24)17-16-26-23(18-29)19-31-32(26)20-22-10-4-2-5-11-22/h2-15,19H,16-18,20-21H2,1H3,(H,30,33). The first-order chi connectivity index (χ1) is 16.7. The summed E-state index contributed by atoms with van der Waals surface area (Å²) in [4.78, 5) is 13.1. The third kappa shape index (κ3) is 4.34. The Bertz CT molecular complexity index is 1270. The van der Waals surface area contributed by atoms with Crippen LogP contribution in [0.1, 0.15) is 39.2 Å². The average molecular weight is 452 g/mol. The molecule has 1 amide bonds. The summed E-state index contributed by atoms with van der Waals surface area (Å²) in [6, 6.07) is 28.3. The smallest absolute Gasteiger partial charge is 0.255 e. The number of aromatic nitrogens is 2. The van der Waals surface area contributed by atoms with Gasteiger partial charge in [0.15, 0.2) is 0 Å². The zero-order chi connectivity index (χ0) is 23.4. The number of amides is 1. The van der Waals surface area contributed by atoms with Crippen LogP contribution in [0.2, 0.25) is 0 Å². The second-order valence-electron chi connectivity index (χ2n) is 8.97. The SMILES string of the molecule is COc1ccccc1C(=O)NCC1(c2ccccc2)CCc2c(cnn2Cc2ccccc2)C1. The molecule has 1 N–H and O–H groups in total. The highest BCUT2D eigenvalue weighted by atomic mass is 16.5. The highest BCUT2D eigenvalue weighted by Crippen LogP contribution is 2.38. The Hall–Kier alpha value is -3.86. The van der Waals surface area contributed by atoms with Crippen LogP contribution < -0.4 is 10.1 Å². The molecule has 5 rings (SSSR count). The van der Waals surface area contributed by atoms with Gasteiger partial charge in [0.2, 0.25) is 0 Å². The van der Waals surface area contributed by atoms with Gasteiger partial charge >= 0.3 is 0 Å². The van der Waals surface area contributed by atoms with Gasteiger partial charge in [-0.05, 0) is 48.1 Å². The zero-order valence-corrected chi connectivity index (χ0v) is 19.4. The first-order valence-electron chi connectivity index (χ1n) is 11.7. The quantitative estimate of drug-likeness (QED) is 0.439. The number of ether oxygens (including phenoxy) is 1. The van der Waals surface area contributed by atoms with Gasteiger partial charge in [-0.3, -0.25) is 9.48 Å². The Balaban J connectivity index is 1.40. The van der Waals surface area contributed by atoms with Crippen LogP contribution in [0.4, 0.5) is 0 Å². The molecule has 0 saturated heterocycles. The number of nitrogens with one attached hydrogen (secondary N) is 1. The van der Waals surface area contributed by atoms with Gasteiger partial charge in [-0.1, -0.05) is 72.8 Å². The van der Waals surface area contributed by atoms with Crippen LogP contribution in [-0.2, 0) is 24.8 Å². The average Bonchev–Trinajstić information content (AvgIpc) is 3.29. The van der Waals surface area contributed by atoms with E-state index in [1.807, 2.05) is 36.5 Å². The monoisotopic (exact) mass is 451 g/mol. The second-order valence-corrected chi connectivity index (χ2v) is 8.97. The number of carbonyl (C=O) groups excluding carboxylic acids is 1. The van der Waals surface area contributed by atoms with Gasteiger partial charge in [-0.15, -0.1) is 0 Å². The van der Waals surface area contributed by atoms with Crippen molar-refractivity contribution in [2.75, 3.05) is 13.7 Å². The molecule has 5 nitrogen and oxygen atoms in total. The molecule has 5 heteroatoms. The molecule has 0 aliphatic heterocycles. The number of fused-ring (bicyclic) bond motifs is 1. The number of rotatable bonds is 7. The minimum Gasteiger partial charge on any atom is -0.496 e. The van der Waals surface area contributed by atoms with Crippen molar-refractivity contribution >= 4 is 5.91 Å². The lowest BCUT2D eigenvalue weighted by molar-refractivity contribution is 0.0937. The van der Waals surface area contributed by atoms with Crippen molar-refractivity contribution in [3.05, 3.63) is 119 Å². The molecular weight excluding hydrogens is 422 g/mol. The molecule has 1 atom stereocenters. The fourth-order valence-corrected chi connectivity index (χ4v) is 5.06. The summed E-state index contributed by atoms with van der Waals surface area (Å²) in [5, 5.41) is 7.94. The number of nitrogens with zero attached hydrogens (tertiary/aromatic N) is 2. The highest BCUT2D eigenvalue weighted by molar-refractivity contribution is 5.97. The molecule has 0 saturated carbocycles. The normalized spacial score (nSPS) is 17.1. The topological polar surface area (TPSA) is 56.1 Å². The van der Waals surface area contributed by atoms with Crippen LogP contribution in [0.3, 0.4) is 0 Å². The number of benzene rings is 3. The lowest BCUT2D eigenvalue weighted by Gasteiger charge is -2.38. The maximum atomic E-state index is 13.1. The number of hydrogen-bond donors (Lipinski definition) is 1. The third-order valence-corrected chi connectivity index (χ3v) is 6.90. The van der Waals surface area contributed by atoms with E-state index in [-0.39, 0.29) is 11.3 Å². The van der Waals surface area contributed by atoms with E-state index < -0.39 is 0 Å². The molecule has 0 bridgehead atoms. The third-order valence-electron chi connectivity index (χ3n) is 6.90. The fourth-order valence-electron chi connectivity index (χ4n) is 5.06. The number of hydrogen-bond acceptors (Lipinski definition) is 3. The minimum absolute atomic E-state index is 0.113. The van der Waals surface area contributed by atoms with Crippen molar-refractivity contribution in [3.63, 3.8) is 0 Å². The van der Waals surface area contributed by atoms with E-state index in [1.54, 1.807) is 13.2 Å². The summed E-state index contributed by atoms with van der Waals surface area (Å²) in [6.07, 6.45) is 4.71. The van der Waals surface area contributed by atoms with Gasteiger partial charge in [0.1, 0.15) is 5.75 Å². The van der Waals surface area contributed by atoms with Gasteiger partial charge in [-0.25, -0.2) is 0 Å². The lowest BCUT2D eigenvalue weighted by atomic mass is 9.68. The molecule has 1 aliphatic carbocycles. The summed E-state index contributed by atoms with van der Waals surface area (Å²) < 4.78 is 7.53. The van der Waals surface area contributed by atoms with Crippen LogP contribution in [0, 0.1) is 0 Å². The highest BCUT2D eigenvalue weighted by Gasteiger charge is 2.38. The van der Waals surface area contributed by atoms with Gasteiger partial charge in [0.05, 0.1) is 25.4 Å². The number of methoxy groups -OCH3 is 1. The molecule has 3 aromatic carbocycles. The summed E-state index contributed by atoms with van der Waals surface area (Å²) in [6.45, 7) is 1.33. The van der Waals surface area contributed by atoms with Crippen molar-refractivity contribution in [2.45, 2.75) is 31.2 Å². The second kappa shape index (κ2) is 9.56. The Labute approximate surface area is 200 Å². The van der Waals surface area contributed by atoms with Crippen molar-refractivity contribution in [3.8, 4) is 5.75 Å². The van der Waals surface area contributed by atoms with Crippen LogP contribution in [0.5, 0.6) is 5.75 Å². The van der Waals surface area contributed by atoms with E-state index in [1.165, 1.54) is 22.4 Å². The number of para-hydroxylation sites is 1. The van der Waals surface area contributed by atoms with E-state index >= 15 is 0 Å². The van der Waals surface area contributed by atoms with Crippen molar-refractivity contribution in [2.24, 2.45) is 0 Å². The van der Waals surface area contributed by atoms with Gasteiger partial charge in [0, 0.05) is 17.7 Å². The van der Waals surface area contributed by atoms with Crippen molar-refractivity contribution < 1.29 is 9.53 Å². The Kier molecular flexibility index (Phi) is 6.17. The maximum absolute atomic E-state index is 13.1. The van der Waals surface area contributed by atoms with Gasteiger partial charge in [-0.2, -0.15) is 5.10 Å². The summed E-state index contributed by atoms with van der Waals surface area (Å²) in [5.41, 5.74) is 5.42. The molecule has 34 heavy (non-hydrogen) atoms. The maximum Gasteiger partial charge on any atom is 0.255 e. The van der Waals surface area contributed by atoms with Crippen molar-refractivity contribution in [1.29, 1.82) is 0 Å². The predicted octanol–water partition coefficient (Wildman–Crippen LogP) is 4.80. The van der Waals surface area contributed by atoms with Crippen LogP contribution in [0.15, 0.2) is 91.1 Å². The molecule has 0 radical (unpaired) electrons. The molecular formula is C29H29N3O2. The minimum atomic E-state index is -0.188. The first kappa shape index (κ1) is 22.0. The Morgan fingerprint density at radius 1 is 1.00 bits per heavy atom. The largest absolute Gasteiger partial charge is 0.496 e.